The molecule has 0 bridgehead atoms. The molecule has 27 heavy (non-hydrogen) atoms. The number of amides is 1. The van der Waals surface area contributed by atoms with E-state index in [2.05, 4.69) is 34.5 Å². The molecule has 1 aliphatic carbocycles. The summed E-state index contributed by atoms with van der Waals surface area (Å²) in [6, 6.07) is 1.79. The van der Waals surface area contributed by atoms with Crippen LogP contribution < -0.4 is 10.6 Å². The maximum absolute atomic E-state index is 12.0. The Morgan fingerprint density at radius 3 is 2.52 bits per heavy atom. The zero-order valence-electron chi connectivity index (χ0n) is 17.1. The molecule has 6 nitrogen and oxygen atoms in total. The van der Waals surface area contributed by atoms with Gasteiger partial charge in [0.2, 0.25) is 0 Å². The largest absolute Gasteiger partial charge is 0.459 e. The van der Waals surface area contributed by atoms with E-state index in [0.717, 1.165) is 42.9 Å². The third kappa shape index (κ3) is 7.71. The van der Waals surface area contributed by atoms with E-state index >= 15 is 0 Å². The van der Waals surface area contributed by atoms with Crippen molar-refractivity contribution in [1.82, 2.24) is 15.5 Å². The predicted molar refractivity (Wildman–Crippen MR) is 121 cm³/mol. The van der Waals surface area contributed by atoms with Gasteiger partial charge in [-0.2, -0.15) is 0 Å². The third-order valence-electron chi connectivity index (χ3n) is 5.23. The molecule has 0 radical (unpaired) electrons. The van der Waals surface area contributed by atoms with Gasteiger partial charge in [0.1, 0.15) is 0 Å². The van der Waals surface area contributed by atoms with Crippen molar-refractivity contribution in [2.45, 2.75) is 46.0 Å². The molecule has 2 N–H and O–H groups in total. The molecule has 0 saturated heterocycles. The van der Waals surface area contributed by atoms with Crippen LogP contribution in [0.15, 0.2) is 21.7 Å². The van der Waals surface area contributed by atoms with E-state index < -0.39 is 0 Å². The average molecular weight is 490 g/mol. The fourth-order valence-corrected chi connectivity index (χ4v) is 3.55. The highest BCUT2D eigenvalue weighted by Gasteiger charge is 2.20. The SMILES string of the molecule is CN=C(NCCCNC(=O)c1occc1C)N(C)CC1CCC(C)CC1.I. The van der Waals surface area contributed by atoms with E-state index in [1.165, 1.54) is 25.7 Å². The van der Waals surface area contributed by atoms with Crippen LogP contribution in [0.3, 0.4) is 0 Å². The van der Waals surface area contributed by atoms with Crippen LogP contribution in [0.25, 0.3) is 0 Å². The number of guanidine groups is 1. The van der Waals surface area contributed by atoms with E-state index in [-0.39, 0.29) is 29.9 Å². The molecule has 154 valence electrons. The third-order valence-corrected chi connectivity index (χ3v) is 5.23. The normalized spacial score (nSPS) is 19.9. The monoisotopic (exact) mass is 490 g/mol. The van der Waals surface area contributed by atoms with E-state index in [1.54, 1.807) is 12.3 Å². The zero-order valence-corrected chi connectivity index (χ0v) is 19.4. The van der Waals surface area contributed by atoms with Crippen molar-refractivity contribution in [2.75, 3.05) is 33.7 Å². The van der Waals surface area contributed by atoms with Gasteiger partial charge in [-0.1, -0.05) is 19.8 Å². The Bertz CT molecular complexity index is 595. The quantitative estimate of drug-likeness (QED) is 0.265. The van der Waals surface area contributed by atoms with E-state index in [9.17, 15) is 4.79 Å². The Morgan fingerprint density at radius 2 is 1.93 bits per heavy atom. The molecule has 1 aromatic heterocycles. The maximum Gasteiger partial charge on any atom is 0.287 e. The molecule has 1 amide bonds. The van der Waals surface area contributed by atoms with E-state index in [1.807, 2.05) is 14.0 Å². The predicted octanol–water partition coefficient (Wildman–Crippen LogP) is 3.66. The summed E-state index contributed by atoms with van der Waals surface area (Å²) in [4.78, 5) is 18.6. The van der Waals surface area contributed by atoms with Crippen LogP contribution >= 0.6 is 24.0 Å². The molecule has 1 fully saturated rings. The van der Waals surface area contributed by atoms with Gasteiger partial charge in [0.05, 0.1) is 6.26 Å². The van der Waals surface area contributed by atoms with Gasteiger partial charge in [-0.3, -0.25) is 9.79 Å². The Morgan fingerprint density at radius 1 is 1.26 bits per heavy atom. The fraction of sp³-hybridized carbons (Fsp3) is 0.700. The number of carbonyl (C=O) groups is 1. The van der Waals surface area contributed by atoms with Crippen molar-refractivity contribution in [1.29, 1.82) is 0 Å². The minimum absolute atomic E-state index is 0. The first kappa shape index (κ1) is 23.8. The summed E-state index contributed by atoms with van der Waals surface area (Å²) in [6.45, 7) is 6.66. The van der Waals surface area contributed by atoms with E-state index in [0.29, 0.717) is 12.3 Å². The van der Waals surface area contributed by atoms with Gasteiger partial charge in [0, 0.05) is 39.3 Å². The summed E-state index contributed by atoms with van der Waals surface area (Å²) < 4.78 is 5.20. The summed E-state index contributed by atoms with van der Waals surface area (Å²) in [6.07, 6.45) is 7.71. The van der Waals surface area contributed by atoms with Gasteiger partial charge < -0.3 is 20.0 Å². The fourth-order valence-electron chi connectivity index (χ4n) is 3.55. The first-order valence-electron chi connectivity index (χ1n) is 9.75. The smallest absolute Gasteiger partial charge is 0.287 e. The zero-order chi connectivity index (χ0) is 18.9. The van der Waals surface area contributed by atoms with Gasteiger partial charge >= 0.3 is 0 Å². The molecule has 7 heteroatoms. The van der Waals surface area contributed by atoms with Crippen molar-refractivity contribution in [2.24, 2.45) is 16.8 Å². The Balaban J connectivity index is 0.00000364. The standard InChI is InChI=1S/C20H34N4O2.HI/c1-15-6-8-17(9-7-15)14-24(4)20(21-3)23-12-5-11-22-19(25)18-16(2)10-13-26-18;/h10,13,15,17H,5-9,11-12,14H2,1-4H3,(H,21,23)(H,22,25);1H. The number of hydrogen-bond donors (Lipinski definition) is 2. The van der Waals surface area contributed by atoms with Gasteiger partial charge in [-0.15, -0.1) is 24.0 Å². The molecule has 0 spiro atoms. The first-order chi connectivity index (χ1) is 12.5. The number of nitrogens with one attached hydrogen (secondary N) is 2. The first-order valence-corrected chi connectivity index (χ1v) is 9.75. The highest BCUT2D eigenvalue weighted by molar-refractivity contribution is 14.0. The number of hydrogen-bond acceptors (Lipinski definition) is 3. The highest BCUT2D eigenvalue weighted by atomic mass is 127. The topological polar surface area (TPSA) is 69.9 Å². The van der Waals surface area contributed by atoms with Gasteiger partial charge in [0.15, 0.2) is 11.7 Å². The second-order valence-electron chi connectivity index (χ2n) is 7.52. The maximum atomic E-state index is 12.0. The molecular weight excluding hydrogens is 455 g/mol. The van der Waals surface area contributed by atoms with Crippen molar-refractivity contribution in [3.63, 3.8) is 0 Å². The molecule has 2 rings (SSSR count). The second kappa shape index (κ2) is 12.3. The summed E-state index contributed by atoms with van der Waals surface area (Å²) in [7, 11) is 3.93. The van der Waals surface area contributed by atoms with E-state index in [4.69, 9.17) is 4.42 Å². The van der Waals surface area contributed by atoms with Crippen LogP contribution in [-0.2, 0) is 0 Å². The van der Waals surface area contributed by atoms with Crippen molar-refractivity contribution >= 4 is 35.8 Å². The van der Waals surface area contributed by atoms with Crippen molar-refractivity contribution in [3.05, 3.63) is 23.7 Å². The molecule has 1 aromatic rings. The van der Waals surface area contributed by atoms with Gasteiger partial charge in [-0.25, -0.2) is 0 Å². The molecule has 1 saturated carbocycles. The average Bonchev–Trinajstić information content (AvgIpc) is 3.06. The minimum atomic E-state index is -0.152. The molecule has 1 heterocycles. The highest BCUT2D eigenvalue weighted by Crippen LogP contribution is 2.28. The summed E-state index contributed by atoms with van der Waals surface area (Å²) in [5.74, 6) is 2.83. The number of nitrogens with zero attached hydrogens (tertiary/aromatic N) is 2. The number of rotatable bonds is 7. The van der Waals surface area contributed by atoms with Gasteiger partial charge in [0.25, 0.3) is 5.91 Å². The molecule has 1 aliphatic rings. The molecule has 0 atom stereocenters. The minimum Gasteiger partial charge on any atom is -0.459 e. The van der Waals surface area contributed by atoms with Crippen LogP contribution in [0, 0.1) is 18.8 Å². The van der Waals surface area contributed by atoms with Crippen molar-refractivity contribution in [3.8, 4) is 0 Å². The number of aryl methyl sites for hydroxylation is 1. The Labute approximate surface area is 180 Å². The molecule has 0 aliphatic heterocycles. The number of aliphatic imine (C=N–C) groups is 1. The lowest BCUT2D eigenvalue weighted by Gasteiger charge is -2.31. The summed E-state index contributed by atoms with van der Waals surface area (Å²) in [5.41, 5.74) is 0.861. The number of halogens is 1. The Kier molecular flexibility index (Phi) is 10.8. The van der Waals surface area contributed by atoms with Crippen LogP contribution in [0.2, 0.25) is 0 Å². The molecule has 0 aromatic carbocycles. The molecule has 0 unspecified atom stereocenters. The summed E-state index contributed by atoms with van der Waals surface area (Å²) >= 11 is 0. The Hall–Kier alpha value is -1.25. The number of furan rings is 1. The lowest BCUT2D eigenvalue weighted by molar-refractivity contribution is 0.0925. The lowest BCUT2D eigenvalue weighted by atomic mass is 9.83. The van der Waals surface area contributed by atoms with Crippen LogP contribution in [0.4, 0.5) is 0 Å². The second-order valence-corrected chi connectivity index (χ2v) is 7.52. The van der Waals surface area contributed by atoms with Crippen LogP contribution in [0.5, 0.6) is 0 Å². The number of carbonyl (C=O) groups excluding carboxylic acids is 1. The van der Waals surface area contributed by atoms with Crippen LogP contribution in [-0.4, -0.2) is 50.5 Å². The van der Waals surface area contributed by atoms with Crippen LogP contribution in [0.1, 0.15) is 55.1 Å². The molecular formula is C20H35IN4O2. The van der Waals surface area contributed by atoms with Gasteiger partial charge in [-0.05, 0) is 44.1 Å². The van der Waals surface area contributed by atoms with Crippen molar-refractivity contribution < 1.29 is 9.21 Å². The summed E-state index contributed by atoms with van der Waals surface area (Å²) in [5, 5.41) is 6.28. The lowest BCUT2D eigenvalue weighted by Crippen LogP contribution is -2.42.